The predicted octanol–water partition coefficient (Wildman–Crippen LogP) is 3.77. The molecule has 114 valence electrons. The number of benzene rings is 2. The van der Waals surface area contributed by atoms with Crippen LogP contribution in [-0.2, 0) is 6.42 Å². The van der Waals surface area contributed by atoms with Crippen LogP contribution in [0.25, 0.3) is 10.8 Å². The number of hydrogen-bond acceptors (Lipinski definition) is 4. The summed E-state index contributed by atoms with van der Waals surface area (Å²) in [6.45, 7) is 4.85. The summed E-state index contributed by atoms with van der Waals surface area (Å²) in [5.41, 5.74) is 1.37. The Morgan fingerprint density at radius 1 is 1.09 bits per heavy atom. The van der Waals surface area contributed by atoms with Gasteiger partial charge >= 0.3 is 0 Å². The highest BCUT2D eigenvalue weighted by Gasteiger charge is 2.17. The van der Waals surface area contributed by atoms with Crippen LogP contribution in [0.1, 0.15) is 30.3 Å². The number of hydrogen-bond donors (Lipinski definition) is 0. The molecule has 0 unspecified atom stereocenters. The highest BCUT2D eigenvalue weighted by molar-refractivity contribution is 5.85. The van der Waals surface area contributed by atoms with E-state index in [1.165, 1.54) is 16.3 Å². The molecule has 0 spiro atoms. The summed E-state index contributed by atoms with van der Waals surface area (Å²) in [6.07, 6.45) is 0.995. The van der Waals surface area contributed by atoms with E-state index in [1.54, 1.807) is 0 Å². The molecule has 0 amide bonds. The Bertz CT molecular complexity index is 760. The van der Waals surface area contributed by atoms with Gasteiger partial charge in [0.15, 0.2) is 0 Å². The van der Waals surface area contributed by atoms with Gasteiger partial charge in [-0.1, -0.05) is 42.5 Å². The topological polar surface area (TPSA) is 42.2 Å². The molecule has 0 N–H and O–H groups in total. The molecule has 0 saturated heterocycles. The lowest BCUT2D eigenvalue weighted by atomic mass is 10.0. The molecule has 0 aliphatic heterocycles. The Morgan fingerprint density at radius 2 is 1.86 bits per heavy atom. The zero-order chi connectivity index (χ0) is 15.5. The average Bonchev–Trinajstić information content (AvgIpc) is 2.98. The Morgan fingerprint density at radius 3 is 2.64 bits per heavy atom. The van der Waals surface area contributed by atoms with Gasteiger partial charge in [0, 0.05) is 13.5 Å². The number of nitrogens with zero attached hydrogens (tertiary/aromatic N) is 3. The highest BCUT2D eigenvalue weighted by Crippen LogP contribution is 2.21. The SMILES string of the molecule is Cc1nnc([C@H](C)N(C)CCc2cccc3ccccc23)o1. The van der Waals surface area contributed by atoms with Crippen LogP contribution in [0.3, 0.4) is 0 Å². The molecular weight excluding hydrogens is 274 g/mol. The standard InChI is InChI=1S/C18H21N3O/c1-13(18-20-19-14(2)22-18)21(3)12-11-16-9-6-8-15-7-4-5-10-17(15)16/h4-10,13H,11-12H2,1-3H3/t13-/m0/s1. The van der Waals surface area contributed by atoms with Crippen molar-refractivity contribution in [1.29, 1.82) is 0 Å². The smallest absolute Gasteiger partial charge is 0.233 e. The molecule has 1 atom stereocenters. The van der Waals surface area contributed by atoms with Gasteiger partial charge in [0.1, 0.15) is 0 Å². The lowest BCUT2D eigenvalue weighted by Crippen LogP contribution is -2.25. The fourth-order valence-corrected chi connectivity index (χ4v) is 2.67. The van der Waals surface area contributed by atoms with Crippen LogP contribution in [0.2, 0.25) is 0 Å². The summed E-state index contributed by atoms with van der Waals surface area (Å²) >= 11 is 0. The van der Waals surface area contributed by atoms with Gasteiger partial charge in [0.25, 0.3) is 0 Å². The van der Waals surface area contributed by atoms with E-state index < -0.39 is 0 Å². The van der Waals surface area contributed by atoms with Crippen molar-refractivity contribution in [2.75, 3.05) is 13.6 Å². The quantitative estimate of drug-likeness (QED) is 0.718. The van der Waals surface area contributed by atoms with E-state index in [0.717, 1.165) is 13.0 Å². The lowest BCUT2D eigenvalue weighted by molar-refractivity contribution is 0.225. The van der Waals surface area contributed by atoms with E-state index in [4.69, 9.17) is 4.42 Å². The number of rotatable bonds is 5. The minimum Gasteiger partial charge on any atom is -0.424 e. The monoisotopic (exact) mass is 295 g/mol. The van der Waals surface area contributed by atoms with Crippen molar-refractivity contribution in [3.8, 4) is 0 Å². The van der Waals surface area contributed by atoms with Gasteiger partial charge in [-0.3, -0.25) is 4.90 Å². The zero-order valence-corrected chi connectivity index (χ0v) is 13.3. The fourth-order valence-electron chi connectivity index (χ4n) is 2.67. The molecule has 1 aromatic heterocycles. The Hall–Kier alpha value is -2.20. The Kier molecular flexibility index (Phi) is 4.20. The largest absolute Gasteiger partial charge is 0.424 e. The first-order valence-electron chi connectivity index (χ1n) is 7.62. The first-order chi connectivity index (χ1) is 10.6. The van der Waals surface area contributed by atoms with E-state index in [0.29, 0.717) is 11.8 Å². The maximum atomic E-state index is 5.52. The zero-order valence-electron chi connectivity index (χ0n) is 13.3. The van der Waals surface area contributed by atoms with Gasteiger partial charge in [0.05, 0.1) is 6.04 Å². The maximum Gasteiger partial charge on any atom is 0.233 e. The van der Waals surface area contributed by atoms with Crippen molar-refractivity contribution in [3.05, 3.63) is 59.8 Å². The third kappa shape index (κ3) is 3.02. The van der Waals surface area contributed by atoms with Gasteiger partial charge in [-0.05, 0) is 36.7 Å². The van der Waals surface area contributed by atoms with Crippen molar-refractivity contribution in [2.24, 2.45) is 0 Å². The molecular formula is C18H21N3O. The normalized spacial score (nSPS) is 12.9. The summed E-state index contributed by atoms with van der Waals surface area (Å²) in [5.74, 6) is 1.29. The molecule has 0 saturated carbocycles. The van der Waals surface area contributed by atoms with Crippen LogP contribution in [0, 0.1) is 6.92 Å². The fraction of sp³-hybridized carbons (Fsp3) is 0.333. The summed E-state index contributed by atoms with van der Waals surface area (Å²) in [7, 11) is 2.09. The van der Waals surface area contributed by atoms with Crippen LogP contribution in [0.4, 0.5) is 0 Å². The van der Waals surface area contributed by atoms with Crippen LogP contribution in [0.15, 0.2) is 46.9 Å². The molecule has 4 heteroatoms. The third-order valence-electron chi connectivity index (χ3n) is 4.17. The minimum absolute atomic E-state index is 0.121. The van der Waals surface area contributed by atoms with E-state index in [2.05, 4.69) is 71.5 Å². The predicted molar refractivity (Wildman–Crippen MR) is 87.7 cm³/mol. The minimum atomic E-state index is 0.121. The van der Waals surface area contributed by atoms with Crippen molar-refractivity contribution >= 4 is 10.8 Å². The average molecular weight is 295 g/mol. The molecule has 1 heterocycles. The molecule has 0 aliphatic carbocycles. The van der Waals surface area contributed by atoms with E-state index >= 15 is 0 Å². The van der Waals surface area contributed by atoms with Crippen LogP contribution in [-0.4, -0.2) is 28.7 Å². The highest BCUT2D eigenvalue weighted by atomic mass is 16.4. The van der Waals surface area contributed by atoms with Crippen molar-refractivity contribution < 1.29 is 4.42 Å². The van der Waals surface area contributed by atoms with Crippen molar-refractivity contribution in [1.82, 2.24) is 15.1 Å². The van der Waals surface area contributed by atoms with Gasteiger partial charge < -0.3 is 4.42 Å². The summed E-state index contributed by atoms with van der Waals surface area (Å²) in [4.78, 5) is 2.24. The first kappa shape index (κ1) is 14.7. The van der Waals surface area contributed by atoms with Gasteiger partial charge in [-0.25, -0.2) is 0 Å². The van der Waals surface area contributed by atoms with E-state index in [1.807, 2.05) is 6.92 Å². The second kappa shape index (κ2) is 6.28. The summed E-state index contributed by atoms with van der Waals surface area (Å²) in [5, 5.41) is 10.6. The number of likely N-dealkylation sites (N-methyl/N-ethyl adjacent to an activating group) is 1. The van der Waals surface area contributed by atoms with Crippen LogP contribution >= 0.6 is 0 Å². The Balaban J connectivity index is 1.71. The first-order valence-corrected chi connectivity index (χ1v) is 7.62. The van der Waals surface area contributed by atoms with Crippen LogP contribution < -0.4 is 0 Å². The molecule has 3 rings (SSSR count). The molecule has 4 nitrogen and oxygen atoms in total. The molecule has 0 fully saturated rings. The molecule has 0 radical (unpaired) electrons. The van der Waals surface area contributed by atoms with Crippen LogP contribution in [0.5, 0.6) is 0 Å². The Labute approximate surface area is 130 Å². The van der Waals surface area contributed by atoms with E-state index in [-0.39, 0.29) is 6.04 Å². The van der Waals surface area contributed by atoms with Gasteiger partial charge in [-0.15, -0.1) is 10.2 Å². The third-order valence-corrected chi connectivity index (χ3v) is 4.17. The van der Waals surface area contributed by atoms with E-state index in [9.17, 15) is 0 Å². The summed E-state index contributed by atoms with van der Waals surface area (Å²) in [6, 6.07) is 15.1. The molecule has 3 aromatic rings. The molecule has 22 heavy (non-hydrogen) atoms. The second-order valence-corrected chi connectivity index (χ2v) is 5.70. The number of aryl methyl sites for hydroxylation is 1. The molecule has 0 aliphatic rings. The number of fused-ring (bicyclic) bond motifs is 1. The lowest BCUT2D eigenvalue weighted by Gasteiger charge is -2.22. The van der Waals surface area contributed by atoms with Crippen molar-refractivity contribution in [2.45, 2.75) is 26.3 Å². The van der Waals surface area contributed by atoms with Gasteiger partial charge in [0.2, 0.25) is 11.8 Å². The number of aromatic nitrogens is 2. The van der Waals surface area contributed by atoms with Crippen molar-refractivity contribution in [3.63, 3.8) is 0 Å². The molecule has 0 bridgehead atoms. The maximum absolute atomic E-state index is 5.52. The second-order valence-electron chi connectivity index (χ2n) is 5.70. The van der Waals surface area contributed by atoms with Gasteiger partial charge in [-0.2, -0.15) is 0 Å². The molecule has 2 aromatic carbocycles. The summed E-state index contributed by atoms with van der Waals surface area (Å²) < 4.78 is 5.52.